The Kier molecular flexibility index (Phi) is 6.18. The van der Waals surface area contributed by atoms with Crippen LogP contribution < -0.4 is 5.32 Å². The molecule has 122 valence electrons. The molecule has 23 heavy (non-hydrogen) atoms. The standard InChI is InChI=1S/C16H16FNO3S2/c1-10(9-22-12-4-2-11(17)3-5-12)15(19)18-8-13-6-7-14(23-13)16(20)21/h2-7,10H,8-9H2,1H3,(H,18,19)(H,20,21). The van der Waals surface area contributed by atoms with E-state index in [1.165, 1.54) is 30.0 Å². The SMILES string of the molecule is CC(CSc1ccc(F)cc1)C(=O)NCc1ccc(C(=O)O)s1. The smallest absolute Gasteiger partial charge is 0.345 e. The van der Waals surface area contributed by atoms with E-state index in [1.807, 2.05) is 6.92 Å². The number of amides is 1. The van der Waals surface area contributed by atoms with Crippen molar-refractivity contribution in [2.24, 2.45) is 5.92 Å². The van der Waals surface area contributed by atoms with Crippen LogP contribution in [0, 0.1) is 11.7 Å². The maximum Gasteiger partial charge on any atom is 0.345 e. The molecule has 1 unspecified atom stereocenters. The van der Waals surface area contributed by atoms with Crippen LogP contribution in [0.2, 0.25) is 0 Å². The summed E-state index contributed by atoms with van der Waals surface area (Å²) in [4.78, 5) is 24.8. The lowest BCUT2D eigenvalue weighted by Gasteiger charge is -2.11. The molecule has 0 aliphatic heterocycles. The molecule has 1 aromatic heterocycles. The number of carbonyl (C=O) groups excluding carboxylic acids is 1. The highest BCUT2D eigenvalue weighted by atomic mass is 32.2. The minimum absolute atomic E-state index is 0.0927. The van der Waals surface area contributed by atoms with Gasteiger partial charge in [0.1, 0.15) is 10.7 Å². The summed E-state index contributed by atoms with van der Waals surface area (Å²) in [5.41, 5.74) is 0. The molecule has 2 rings (SSSR count). The van der Waals surface area contributed by atoms with Gasteiger partial charge in [-0.3, -0.25) is 4.79 Å². The lowest BCUT2D eigenvalue weighted by atomic mass is 10.2. The fourth-order valence-corrected chi connectivity index (χ4v) is 3.47. The van der Waals surface area contributed by atoms with Crippen molar-refractivity contribution >= 4 is 35.0 Å². The van der Waals surface area contributed by atoms with Crippen molar-refractivity contribution in [1.82, 2.24) is 5.32 Å². The summed E-state index contributed by atoms with van der Waals surface area (Å²) in [7, 11) is 0. The van der Waals surface area contributed by atoms with Crippen molar-refractivity contribution in [3.05, 3.63) is 52.0 Å². The van der Waals surface area contributed by atoms with E-state index in [0.717, 1.165) is 21.1 Å². The van der Waals surface area contributed by atoms with E-state index in [1.54, 1.807) is 18.2 Å². The summed E-state index contributed by atoms with van der Waals surface area (Å²) in [5.74, 6) is -0.954. The first-order valence-corrected chi connectivity index (χ1v) is 8.74. The number of halogens is 1. The van der Waals surface area contributed by atoms with Crippen LogP contribution in [0.3, 0.4) is 0 Å². The van der Waals surface area contributed by atoms with Crippen LogP contribution in [0.25, 0.3) is 0 Å². The van der Waals surface area contributed by atoms with Crippen molar-refractivity contribution in [3.63, 3.8) is 0 Å². The maximum absolute atomic E-state index is 12.8. The van der Waals surface area contributed by atoms with Gasteiger partial charge >= 0.3 is 5.97 Å². The minimum Gasteiger partial charge on any atom is -0.477 e. The van der Waals surface area contributed by atoms with Gasteiger partial charge in [-0.15, -0.1) is 23.1 Å². The Bertz CT molecular complexity index is 685. The summed E-state index contributed by atoms with van der Waals surface area (Å²) >= 11 is 2.64. The lowest BCUT2D eigenvalue weighted by Crippen LogP contribution is -2.29. The lowest BCUT2D eigenvalue weighted by molar-refractivity contribution is -0.123. The molecule has 4 nitrogen and oxygen atoms in total. The summed E-state index contributed by atoms with van der Waals surface area (Å²) in [6.07, 6.45) is 0. The topological polar surface area (TPSA) is 66.4 Å². The number of rotatable bonds is 7. The molecule has 1 heterocycles. The quantitative estimate of drug-likeness (QED) is 0.746. The van der Waals surface area contributed by atoms with Gasteiger partial charge in [0.25, 0.3) is 0 Å². The van der Waals surface area contributed by atoms with E-state index in [-0.39, 0.29) is 22.5 Å². The number of carboxylic acids is 1. The van der Waals surface area contributed by atoms with Gasteiger partial charge in [0.15, 0.2) is 0 Å². The molecule has 2 aromatic rings. The highest BCUT2D eigenvalue weighted by Gasteiger charge is 2.14. The zero-order chi connectivity index (χ0) is 16.8. The van der Waals surface area contributed by atoms with E-state index >= 15 is 0 Å². The third kappa shape index (κ3) is 5.37. The number of benzene rings is 1. The number of aromatic carboxylic acids is 1. The molecule has 0 saturated heterocycles. The third-order valence-electron chi connectivity index (χ3n) is 3.07. The van der Waals surface area contributed by atoms with Gasteiger partial charge in [0.2, 0.25) is 5.91 Å². The van der Waals surface area contributed by atoms with Gasteiger partial charge in [-0.2, -0.15) is 0 Å². The van der Waals surface area contributed by atoms with Gasteiger partial charge in [-0.25, -0.2) is 9.18 Å². The normalized spacial score (nSPS) is 11.9. The second-order valence-corrected chi connectivity index (χ2v) is 7.22. The molecule has 0 fully saturated rings. The van der Waals surface area contributed by atoms with E-state index in [4.69, 9.17) is 5.11 Å². The van der Waals surface area contributed by atoms with Gasteiger partial charge in [-0.05, 0) is 36.4 Å². The van der Waals surface area contributed by atoms with Gasteiger partial charge in [0.05, 0.1) is 6.54 Å². The molecule has 1 atom stereocenters. The van der Waals surface area contributed by atoms with Crippen molar-refractivity contribution in [1.29, 1.82) is 0 Å². The minimum atomic E-state index is -0.961. The number of thiophene rings is 1. The van der Waals surface area contributed by atoms with Crippen LogP contribution >= 0.6 is 23.1 Å². The Morgan fingerprint density at radius 3 is 2.57 bits per heavy atom. The van der Waals surface area contributed by atoms with E-state index in [2.05, 4.69) is 5.32 Å². The third-order valence-corrected chi connectivity index (χ3v) is 5.42. The number of nitrogens with one attached hydrogen (secondary N) is 1. The number of thioether (sulfide) groups is 1. The van der Waals surface area contributed by atoms with Crippen LogP contribution in [0.1, 0.15) is 21.5 Å². The number of hydrogen-bond donors (Lipinski definition) is 2. The van der Waals surface area contributed by atoms with Crippen molar-refractivity contribution in [2.45, 2.75) is 18.4 Å². The predicted molar refractivity (Wildman–Crippen MR) is 89.4 cm³/mol. The second-order valence-electron chi connectivity index (χ2n) is 4.95. The molecule has 0 aliphatic rings. The predicted octanol–water partition coefficient (Wildman–Crippen LogP) is 3.63. The van der Waals surface area contributed by atoms with Crippen LogP contribution in [0.4, 0.5) is 4.39 Å². The fraction of sp³-hybridized carbons (Fsp3) is 0.250. The van der Waals surface area contributed by atoms with Crippen molar-refractivity contribution in [2.75, 3.05) is 5.75 Å². The molecular formula is C16H16FNO3S2. The van der Waals surface area contributed by atoms with E-state index < -0.39 is 5.97 Å². The molecule has 1 aromatic carbocycles. The van der Waals surface area contributed by atoms with E-state index in [0.29, 0.717) is 12.3 Å². The first kappa shape index (κ1) is 17.5. The summed E-state index contributed by atoms with van der Waals surface area (Å²) < 4.78 is 12.8. The Hall–Kier alpha value is -1.86. The monoisotopic (exact) mass is 353 g/mol. The highest BCUT2D eigenvalue weighted by molar-refractivity contribution is 7.99. The first-order chi connectivity index (χ1) is 11.0. The van der Waals surface area contributed by atoms with Crippen LogP contribution in [-0.2, 0) is 11.3 Å². The number of carbonyl (C=O) groups is 2. The Morgan fingerprint density at radius 1 is 1.26 bits per heavy atom. The molecule has 2 N–H and O–H groups in total. The molecule has 7 heteroatoms. The Balaban J connectivity index is 1.77. The zero-order valence-corrected chi connectivity index (χ0v) is 14.0. The summed E-state index contributed by atoms with van der Waals surface area (Å²) in [6, 6.07) is 9.38. The molecular weight excluding hydrogens is 337 g/mol. The first-order valence-electron chi connectivity index (χ1n) is 6.94. The summed E-state index contributed by atoms with van der Waals surface area (Å²) in [6.45, 7) is 2.14. The number of hydrogen-bond acceptors (Lipinski definition) is 4. The zero-order valence-electron chi connectivity index (χ0n) is 12.4. The van der Waals surface area contributed by atoms with Crippen molar-refractivity contribution in [3.8, 4) is 0 Å². The Morgan fingerprint density at radius 2 is 1.96 bits per heavy atom. The molecule has 0 aliphatic carbocycles. The van der Waals surface area contributed by atoms with Crippen molar-refractivity contribution < 1.29 is 19.1 Å². The van der Waals surface area contributed by atoms with E-state index in [9.17, 15) is 14.0 Å². The van der Waals surface area contributed by atoms with Gasteiger partial charge in [0, 0.05) is 21.4 Å². The number of carboxylic acid groups (broad SMARTS) is 1. The second kappa shape index (κ2) is 8.12. The Labute approximate surface area is 141 Å². The molecule has 0 bridgehead atoms. The maximum atomic E-state index is 12.8. The molecule has 1 amide bonds. The fourth-order valence-electron chi connectivity index (χ4n) is 1.76. The average Bonchev–Trinajstić information content (AvgIpc) is 3.01. The van der Waals surface area contributed by atoms with Gasteiger partial charge < -0.3 is 10.4 Å². The average molecular weight is 353 g/mol. The molecule has 0 spiro atoms. The van der Waals surface area contributed by atoms with Crippen LogP contribution in [0.5, 0.6) is 0 Å². The molecule has 0 radical (unpaired) electrons. The largest absolute Gasteiger partial charge is 0.477 e. The highest BCUT2D eigenvalue weighted by Crippen LogP contribution is 2.21. The van der Waals surface area contributed by atoms with Crippen LogP contribution in [-0.4, -0.2) is 22.7 Å². The van der Waals surface area contributed by atoms with Crippen LogP contribution in [0.15, 0.2) is 41.3 Å². The van der Waals surface area contributed by atoms with Gasteiger partial charge in [-0.1, -0.05) is 6.92 Å². The molecule has 0 saturated carbocycles. The summed E-state index contributed by atoms with van der Waals surface area (Å²) in [5, 5.41) is 11.7.